The number of rotatable bonds is 8. The summed E-state index contributed by atoms with van der Waals surface area (Å²) in [5, 5.41) is 16.1. The molecule has 1 aliphatic rings. The molecule has 2 aromatic heterocycles. The Morgan fingerprint density at radius 3 is 2.79 bits per heavy atom. The van der Waals surface area contributed by atoms with Crippen molar-refractivity contribution in [2.45, 2.75) is 48.2 Å². The molecule has 1 fully saturated rings. The van der Waals surface area contributed by atoms with E-state index in [1.807, 2.05) is 18.2 Å². The molecule has 3 aromatic rings. The minimum atomic E-state index is 0.551. The highest BCUT2D eigenvalue weighted by molar-refractivity contribution is 8.00. The first-order valence-electron chi connectivity index (χ1n) is 9.65. The fourth-order valence-corrected chi connectivity index (χ4v) is 6.03. The summed E-state index contributed by atoms with van der Waals surface area (Å²) in [6, 6.07) is 6.35. The van der Waals surface area contributed by atoms with Gasteiger partial charge in [-0.1, -0.05) is 42.4 Å². The maximum absolute atomic E-state index is 5.50. The van der Waals surface area contributed by atoms with Crippen LogP contribution in [0.25, 0.3) is 10.6 Å². The molecule has 1 aliphatic carbocycles. The second-order valence-electron chi connectivity index (χ2n) is 6.85. The smallest absolute Gasteiger partial charge is 0.206 e. The summed E-state index contributed by atoms with van der Waals surface area (Å²) in [4.78, 5) is 4.78. The zero-order valence-electron chi connectivity index (χ0n) is 16.5. The fraction of sp³-hybridized carbons (Fsp3) is 0.450. The van der Waals surface area contributed by atoms with Gasteiger partial charge >= 0.3 is 0 Å². The highest BCUT2D eigenvalue weighted by atomic mass is 32.2. The monoisotopic (exact) mass is 448 g/mol. The van der Waals surface area contributed by atoms with Crippen LogP contribution in [0.2, 0.25) is 0 Å². The van der Waals surface area contributed by atoms with Gasteiger partial charge < -0.3 is 14.8 Å². The molecule has 1 aromatic carbocycles. The van der Waals surface area contributed by atoms with Crippen LogP contribution in [0, 0.1) is 0 Å². The van der Waals surface area contributed by atoms with Crippen LogP contribution in [0.3, 0.4) is 0 Å². The third kappa shape index (κ3) is 5.21. The molecule has 1 saturated carbocycles. The first-order chi connectivity index (χ1) is 14.2. The number of thiazole rings is 1. The van der Waals surface area contributed by atoms with Crippen molar-refractivity contribution in [2.24, 2.45) is 0 Å². The summed E-state index contributed by atoms with van der Waals surface area (Å²) in [5.74, 6) is 2.31. The lowest BCUT2D eigenvalue weighted by atomic mass is 9.96. The zero-order chi connectivity index (χ0) is 20.1. The number of methoxy groups -OCH3 is 2. The van der Waals surface area contributed by atoms with E-state index >= 15 is 0 Å². The van der Waals surface area contributed by atoms with Crippen LogP contribution in [-0.2, 0) is 5.75 Å². The van der Waals surface area contributed by atoms with Crippen molar-refractivity contribution in [3.05, 3.63) is 29.3 Å². The van der Waals surface area contributed by atoms with Crippen LogP contribution in [-0.4, -0.2) is 35.4 Å². The van der Waals surface area contributed by atoms with E-state index in [0.717, 1.165) is 43.0 Å². The van der Waals surface area contributed by atoms with Crippen LogP contribution in [0.15, 0.2) is 27.9 Å². The van der Waals surface area contributed by atoms with E-state index in [4.69, 9.17) is 14.5 Å². The number of anilines is 1. The van der Waals surface area contributed by atoms with E-state index in [-0.39, 0.29) is 0 Å². The molecule has 0 unspecified atom stereocenters. The Balaban J connectivity index is 1.36. The SMILES string of the molecule is COc1ccc(-c2nc(CSc3nnc(NC4CCCCC4)s3)cs2)c(OC)c1. The molecule has 6 nitrogen and oxygen atoms in total. The third-order valence-corrected chi connectivity index (χ3v) is 7.82. The first-order valence-corrected chi connectivity index (χ1v) is 12.3. The highest BCUT2D eigenvalue weighted by Crippen LogP contribution is 2.36. The minimum absolute atomic E-state index is 0.551. The molecule has 0 aliphatic heterocycles. The summed E-state index contributed by atoms with van der Waals surface area (Å²) in [5.41, 5.74) is 2.01. The molecule has 29 heavy (non-hydrogen) atoms. The van der Waals surface area contributed by atoms with Gasteiger partial charge in [0.05, 0.1) is 25.5 Å². The lowest BCUT2D eigenvalue weighted by Crippen LogP contribution is -2.21. The maximum atomic E-state index is 5.50. The van der Waals surface area contributed by atoms with E-state index in [9.17, 15) is 0 Å². The number of hydrogen-bond donors (Lipinski definition) is 1. The van der Waals surface area contributed by atoms with E-state index < -0.39 is 0 Å². The Kier molecular flexibility index (Phi) is 6.89. The normalized spacial score (nSPS) is 14.7. The van der Waals surface area contributed by atoms with Gasteiger partial charge in [-0.3, -0.25) is 0 Å². The lowest BCUT2D eigenvalue weighted by molar-refractivity contribution is 0.395. The lowest BCUT2D eigenvalue weighted by Gasteiger charge is -2.21. The van der Waals surface area contributed by atoms with Gasteiger partial charge in [0, 0.05) is 23.2 Å². The first kappa shape index (κ1) is 20.4. The molecule has 0 radical (unpaired) electrons. The van der Waals surface area contributed by atoms with Gasteiger partial charge in [-0.25, -0.2) is 4.98 Å². The van der Waals surface area contributed by atoms with E-state index in [1.54, 1.807) is 48.7 Å². The topological polar surface area (TPSA) is 69.2 Å². The van der Waals surface area contributed by atoms with Crippen molar-refractivity contribution in [3.63, 3.8) is 0 Å². The van der Waals surface area contributed by atoms with E-state index in [1.165, 1.54) is 32.1 Å². The molecular formula is C20H24N4O2S3. The van der Waals surface area contributed by atoms with Crippen LogP contribution in [0.1, 0.15) is 37.8 Å². The predicted octanol–water partition coefficient (Wildman–Crippen LogP) is 5.72. The van der Waals surface area contributed by atoms with Gasteiger partial charge in [0.15, 0.2) is 4.34 Å². The minimum Gasteiger partial charge on any atom is -0.497 e. The van der Waals surface area contributed by atoms with Gasteiger partial charge in [-0.05, 0) is 25.0 Å². The molecule has 0 spiro atoms. The van der Waals surface area contributed by atoms with Gasteiger partial charge in [-0.15, -0.1) is 21.5 Å². The molecule has 0 atom stereocenters. The number of nitrogens with zero attached hydrogens (tertiary/aromatic N) is 3. The number of nitrogens with one attached hydrogen (secondary N) is 1. The van der Waals surface area contributed by atoms with Crippen molar-refractivity contribution in [2.75, 3.05) is 19.5 Å². The summed E-state index contributed by atoms with van der Waals surface area (Å²) < 4.78 is 11.7. The van der Waals surface area contributed by atoms with Gasteiger partial charge in [0.2, 0.25) is 5.13 Å². The highest BCUT2D eigenvalue weighted by Gasteiger charge is 2.16. The maximum Gasteiger partial charge on any atom is 0.206 e. The van der Waals surface area contributed by atoms with Crippen LogP contribution >= 0.6 is 34.4 Å². The number of thioether (sulfide) groups is 1. The number of ether oxygens (including phenoxy) is 2. The standard InChI is InChI=1S/C20H24N4O2S3/c1-25-15-8-9-16(17(10-15)26-2)18-21-14(11-27-18)12-28-20-24-23-19(29-20)22-13-6-4-3-5-7-13/h8-11,13H,3-7,12H2,1-2H3,(H,22,23). The molecule has 0 saturated heterocycles. The molecule has 2 heterocycles. The van der Waals surface area contributed by atoms with Crippen molar-refractivity contribution >= 4 is 39.6 Å². The van der Waals surface area contributed by atoms with Crippen molar-refractivity contribution in [1.29, 1.82) is 0 Å². The van der Waals surface area contributed by atoms with E-state index in [2.05, 4.69) is 20.9 Å². The largest absolute Gasteiger partial charge is 0.497 e. The molecule has 154 valence electrons. The molecular weight excluding hydrogens is 424 g/mol. The quantitative estimate of drug-likeness (QED) is 0.442. The van der Waals surface area contributed by atoms with Crippen LogP contribution in [0.5, 0.6) is 11.5 Å². The van der Waals surface area contributed by atoms with Gasteiger partial charge in [-0.2, -0.15) is 0 Å². The van der Waals surface area contributed by atoms with Gasteiger partial charge in [0.25, 0.3) is 0 Å². The Morgan fingerprint density at radius 1 is 1.14 bits per heavy atom. The molecule has 0 amide bonds. The average Bonchev–Trinajstić information content (AvgIpc) is 3.42. The Bertz CT molecular complexity index is 937. The van der Waals surface area contributed by atoms with Crippen LogP contribution < -0.4 is 14.8 Å². The summed E-state index contributed by atoms with van der Waals surface area (Å²) in [6.45, 7) is 0. The molecule has 1 N–H and O–H groups in total. The second kappa shape index (κ2) is 9.77. The van der Waals surface area contributed by atoms with Crippen LogP contribution in [0.4, 0.5) is 5.13 Å². The fourth-order valence-electron chi connectivity index (χ4n) is 3.36. The average molecular weight is 449 g/mol. The Morgan fingerprint density at radius 2 is 2.00 bits per heavy atom. The zero-order valence-corrected chi connectivity index (χ0v) is 19.0. The number of hydrogen-bond acceptors (Lipinski definition) is 9. The summed E-state index contributed by atoms with van der Waals surface area (Å²) >= 11 is 4.93. The number of aromatic nitrogens is 3. The summed E-state index contributed by atoms with van der Waals surface area (Å²) in [7, 11) is 3.31. The second-order valence-corrected chi connectivity index (χ2v) is 9.91. The Hall–Kier alpha value is -1.84. The molecule has 9 heteroatoms. The van der Waals surface area contributed by atoms with E-state index in [0.29, 0.717) is 6.04 Å². The summed E-state index contributed by atoms with van der Waals surface area (Å²) in [6.07, 6.45) is 6.44. The van der Waals surface area contributed by atoms with Gasteiger partial charge in [0.1, 0.15) is 16.5 Å². The number of benzene rings is 1. The third-order valence-electron chi connectivity index (χ3n) is 4.87. The Labute approximate surface area is 183 Å². The van der Waals surface area contributed by atoms with Crippen molar-refractivity contribution in [3.8, 4) is 22.1 Å². The van der Waals surface area contributed by atoms with Crippen molar-refractivity contribution in [1.82, 2.24) is 15.2 Å². The molecule has 4 rings (SSSR count). The molecule has 0 bridgehead atoms. The predicted molar refractivity (Wildman–Crippen MR) is 121 cm³/mol. The van der Waals surface area contributed by atoms with Crippen molar-refractivity contribution < 1.29 is 9.47 Å².